The lowest BCUT2D eigenvalue weighted by Crippen LogP contribution is -2.27. The van der Waals surface area contributed by atoms with Crippen LogP contribution in [0.2, 0.25) is 0 Å². The van der Waals surface area contributed by atoms with E-state index in [2.05, 4.69) is 0 Å². The molecule has 2 heterocycles. The molecular weight excluding hydrogens is 218 g/mol. The number of hydrogen-bond donors (Lipinski definition) is 1. The quantitative estimate of drug-likeness (QED) is 0.873. The summed E-state index contributed by atoms with van der Waals surface area (Å²) in [5.41, 5.74) is 7.78. The number of rotatable bonds is 3. The fraction of sp³-hybridized carbons (Fsp3) is 0.250. The topological polar surface area (TPSA) is 64.4 Å². The molecule has 0 fully saturated rings. The highest BCUT2D eigenvalue weighted by Crippen LogP contribution is 2.12. The Morgan fingerprint density at radius 2 is 2.35 bits per heavy atom. The van der Waals surface area contributed by atoms with Crippen LogP contribution in [0.25, 0.3) is 0 Å². The van der Waals surface area contributed by atoms with Crippen molar-refractivity contribution in [3.8, 4) is 0 Å². The monoisotopic (exact) mass is 233 g/mol. The Bertz CT molecular complexity index is 514. The van der Waals surface area contributed by atoms with Gasteiger partial charge in [0.1, 0.15) is 5.69 Å². The molecule has 2 aromatic rings. The number of hydrogen-bond acceptors (Lipinski definition) is 3. The molecule has 0 aliphatic carbocycles. The van der Waals surface area contributed by atoms with Crippen molar-refractivity contribution < 1.29 is 9.21 Å². The Labute approximate surface area is 99.4 Å². The molecule has 0 saturated heterocycles. The molecule has 2 rings (SSSR count). The van der Waals surface area contributed by atoms with Crippen molar-refractivity contribution in [1.82, 2.24) is 9.47 Å². The second-order valence-electron chi connectivity index (χ2n) is 4.06. The first-order valence-electron chi connectivity index (χ1n) is 5.26. The van der Waals surface area contributed by atoms with E-state index in [-0.39, 0.29) is 5.91 Å². The lowest BCUT2D eigenvalue weighted by molar-refractivity contribution is 0.0775. The van der Waals surface area contributed by atoms with E-state index < -0.39 is 0 Å². The highest BCUT2D eigenvalue weighted by Gasteiger charge is 2.16. The van der Waals surface area contributed by atoms with E-state index in [0.29, 0.717) is 17.9 Å². The van der Waals surface area contributed by atoms with Crippen LogP contribution in [0.5, 0.6) is 0 Å². The maximum absolute atomic E-state index is 12.1. The van der Waals surface area contributed by atoms with Gasteiger partial charge in [0, 0.05) is 32.4 Å². The second kappa shape index (κ2) is 4.37. The van der Waals surface area contributed by atoms with E-state index in [1.54, 1.807) is 48.4 Å². The largest absolute Gasteiger partial charge is 0.472 e. The van der Waals surface area contributed by atoms with Crippen molar-refractivity contribution in [2.24, 2.45) is 7.05 Å². The number of aryl methyl sites for hydroxylation is 1. The van der Waals surface area contributed by atoms with Crippen LogP contribution < -0.4 is 5.73 Å². The van der Waals surface area contributed by atoms with Crippen molar-refractivity contribution in [3.63, 3.8) is 0 Å². The first-order valence-corrected chi connectivity index (χ1v) is 5.26. The van der Waals surface area contributed by atoms with E-state index in [9.17, 15) is 4.79 Å². The summed E-state index contributed by atoms with van der Waals surface area (Å²) < 4.78 is 6.69. The Morgan fingerprint density at radius 3 is 2.88 bits per heavy atom. The van der Waals surface area contributed by atoms with Gasteiger partial charge in [0.25, 0.3) is 5.91 Å². The fourth-order valence-electron chi connectivity index (χ4n) is 1.73. The molecule has 1 amide bonds. The number of nitrogen functional groups attached to an aromatic ring is 1. The van der Waals surface area contributed by atoms with Gasteiger partial charge in [-0.25, -0.2) is 0 Å². The zero-order chi connectivity index (χ0) is 12.4. The molecule has 0 aliphatic heterocycles. The van der Waals surface area contributed by atoms with Crippen molar-refractivity contribution >= 4 is 11.6 Å². The standard InChI is InChI=1S/C12H15N3O2/c1-14-7-10(13)5-11(14)12(16)15(2)6-9-3-4-17-8-9/h3-5,7-8H,6,13H2,1-2H3. The molecule has 0 unspecified atom stereocenters. The predicted molar refractivity (Wildman–Crippen MR) is 64.3 cm³/mol. The molecule has 0 aromatic carbocycles. The number of carbonyl (C=O) groups is 1. The summed E-state index contributed by atoms with van der Waals surface area (Å²) in [6.45, 7) is 0.514. The van der Waals surface area contributed by atoms with Crippen LogP contribution in [0.1, 0.15) is 16.1 Å². The van der Waals surface area contributed by atoms with Crippen LogP contribution in [0, 0.1) is 0 Å². The zero-order valence-corrected chi connectivity index (χ0v) is 9.88. The van der Waals surface area contributed by atoms with Gasteiger partial charge < -0.3 is 19.6 Å². The first kappa shape index (κ1) is 11.3. The summed E-state index contributed by atoms with van der Waals surface area (Å²) in [5, 5.41) is 0. The number of anilines is 1. The fourth-order valence-corrected chi connectivity index (χ4v) is 1.73. The van der Waals surface area contributed by atoms with E-state index in [1.807, 2.05) is 6.07 Å². The molecule has 5 heteroatoms. The molecule has 0 spiro atoms. The van der Waals surface area contributed by atoms with Crippen LogP contribution >= 0.6 is 0 Å². The van der Waals surface area contributed by atoms with E-state index >= 15 is 0 Å². The third kappa shape index (κ3) is 2.33. The lowest BCUT2D eigenvalue weighted by atomic mass is 10.3. The van der Waals surface area contributed by atoms with Crippen LogP contribution in [0.3, 0.4) is 0 Å². The van der Waals surface area contributed by atoms with E-state index in [1.165, 1.54) is 0 Å². The SMILES string of the molecule is CN(Cc1ccoc1)C(=O)c1cc(N)cn1C. The third-order valence-electron chi connectivity index (χ3n) is 2.59. The van der Waals surface area contributed by atoms with Gasteiger partial charge in [-0.3, -0.25) is 4.79 Å². The summed E-state index contributed by atoms with van der Waals surface area (Å²) in [6.07, 6.45) is 4.94. The third-order valence-corrected chi connectivity index (χ3v) is 2.59. The van der Waals surface area contributed by atoms with Gasteiger partial charge in [0.15, 0.2) is 0 Å². The molecule has 5 nitrogen and oxygen atoms in total. The Morgan fingerprint density at radius 1 is 1.59 bits per heavy atom. The van der Waals surface area contributed by atoms with Gasteiger partial charge in [-0.05, 0) is 12.1 Å². The number of nitrogens with zero attached hydrogens (tertiary/aromatic N) is 2. The Kier molecular flexibility index (Phi) is 2.91. The Hall–Kier alpha value is -2.17. The van der Waals surface area contributed by atoms with E-state index in [4.69, 9.17) is 10.2 Å². The first-order chi connectivity index (χ1) is 8.08. The summed E-state index contributed by atoms with van der Waals surface area (Å²) in [6, 6.07) is 3.51. The summed E-state index contributed by atoms with van der Waals surface area (Å²) in [4.78, 5) is 13.7. The lowest BCUT2D eigenvalue weighted by Gasteiger charge is -2.16. The number of amides is 1. The molecule has 0 radical (unpaired) electrons. The Balaban J connectivity index is 2.12. The maximum Gasteiger partial charge on any atom is 0.270 e. The van der Waals surface area contributed by atoms with Crippen molar-refractivity contribution in [3.05, 3.63) is 42.1 Å². The minimum absolute atomic E-state index is 0.0644. The number of furan rings is 1. The molecule has 2 N–H and O–H groups in total. The van der Waals surface area contributed by atoms with Crippen LogP contribution in [-0.2, 0) is 13.6 Å². The molecule has 0 saturated carbocycles. The highest BCUT2D eigenvalue weighted by atomic mass is 16.3. The minimum atomic E-state index is -0.0644. The van der Waals surface area contributed by atoms with Crippen molar-refractivity contribution in [2.75, 3.05) is 12.8 Å². The summed E-state index contributed by atoms with van der Waals surface area (Å²) in [7, 11) is 3.55. The van der Waals surface area contributed by atoms with Crippen LogP contribution in [0.4, 0.5) is 5.69 Å². The van der Waals surface area contributed by atoms with Gasteiger partial charge in [0.05, 0.1) is 18.2 Å². The van der Waals surface area contributed by atoms with Gasteiger partial charge in [0.2, 0.25) is 0 Å². The van der Waals surface area contributed by atoms with Crippen molar-refractivity contribution in [2.45, 2.75) is 6.54 Å². The molecule has 2 aromatic heterocycles. The average molecular weight is 233 g/mol. The van der Waals surface area contributed by atoms with Gasteiger partial charge in [-0.1, -0.05) is 0 Å². The number of aromatic nitrogens is 1. The second-order valence-corrected chi connectivity index (χ2v) is 4.06. The van der Waals surface area contributed by atoms with Gasteiger partial charge in [-0.2, -0.15) is 0 Å². The van der Waals surface area contributed by atoms with Gasteiger partial charge >= 0.3 is 0 Å². The number of nitrogens with two attached hydrogens (primary N) is 1. The summed E-state index contributed by atoms with van der Waals surface area (Å²) in [5.74, 6) is -0.0644. The zero-order valence-electron chi connectivity index (χ0n) is 9.88. The molecular formula is C12H15N3O2. The normalized spacial score (nSPS) is 10.5. The highest BCUT2D eigenvalue weighted by molar-refractivity contribution is 5.93. The van der Waals surface area contributed by atoms with Crippen LogP contribution in [-0.4, -0.2) is 22.4 Å². The van der Waals surface area contributed by atoms with Gasteiger partial charge in [-0.15, -0.1) is 0 Å². The average Bonchev–Trinajstić information content (AvgIpc) is 2.87. The minimum Gasteiger partial charge on any atom is -0.472 e. The predicted octanol–water partition coefficient (Wildman–Crippen LogP) is 1.47. The molecule has 0 atom stereocenters. The van der Waals surface area contributed by atoms with Crippen LogP contribution in [0.15, 0.2) is 35.3 Å². The maximum atomic E-state index is 12.1. The summed E-state index contributed by atoms with van der Waals surface area (Å²) >= 11 is 0. The molecule has 0 bridgehead atoms. The molecule has 17 heavy (non-hydrogen) atoms. The smallest absolute Gasteiger partial charge is 0.270 e. The molecule has 0 aliphatic rings. The number of carbonyl (C=O) groups excluding carboxylic acids is 1. The molecule has 90 valence electrons. The van der Waals surface area contributed by atoms with E-state index in [0.717, 1.165) is 5.56 Å². The van der Waals surface area contributed by atoms with Crippen molar-refractivity contribution in [1.29, 1.82) is 0 Å².